The third kappa shape index (κ3) is 2.13. The van der Waals surface area contributed by atoms with Gasteiger partial charge in [-0.05, 0) is 12.8 Å². The van der Waals surface area contributed by atoms with Crippen LogP contribution in [0, 0.1) is 11.8 Å². The molecule has 1 atom stereocenters. The number of ether oxygens (including phenoxy) is 2. The number of carbonyl (C=O) groups excluding carboxylic acids is 2. The lowest BCUT2D eigenvalue weighted by Gasteiger charge is -2.17. The highest BCUT2D eigenvalue weighted by atomic mass is 16.5. The summed E-state index contributed by atoms with van der Waals surface area (Å²) in [6, 6.07) is 0.456. The van der Waals surface area contributed by atoms with Crippen molar-refractivity contribution in [1.82, 2.24) is 0 Å². The predicted octanol–water partition coefficient (Wildman–Crippen LogP) is 0.915. The molecule has 0 aromatic rings. The van der Waals surface area contributed by atoms with Gasteiger partial charge in [0.1, 0.15) is 0 Å². The van der Waals surface area contributed by atoms with Gasteiger partial charge in [0, 0.05) is 5.92 Å². The monoisotopic (exact) mass is 199 g/mol. The van der Waals surface area contributed by atoms with Crippen molar-refractivity contribution >= 4 is 11.9 Å². The summed E-state index contributed by atoms with van der Waals surface area (Å²) in [5.41, 5.74) is 0. The van der Waals surface area contributed by atoms with Crippen molar-refractivity contribution in [3.8, 4) is 0 Å². The van der Waals surface area contributed by atoms with E-state index in [1.54, 1.807) is 6.08 Å². The summed E-state index contributed by atoms with van der Waals surface area (Å²) in [6.07, 6.45) is 2.83. The summed E-state index contributed by atoms with van der Waals surface area (Å²) >= 11 is 0. The molecule has 4 nitrogen and oxygen atoms in total. The minimum atomic E-state index is -0.928. The number of rotatable bonds is 3. The molecule has 0 aliphatic heterocycles. The summed E-state index contributed by atoms with van der Waals surface area (Å²) in [5.74, 6) is -2.39. The van der Waals surface area contributed by atoms with Crippen molar-refractivity contribution in [2.75, 3.05) is 14.2 Å². The molecule has 0 aromatic heterocycles. The zero-order chi connectivity index (χ0) is 11.4. The molecule has 1 aliphatic carbocycles. The van der Waals surface area contributed by atoms with Crippen molar-refractivity contribution in [3.05, 3.63) is 12.1 Å². The van der Waals surface area contributed by atoms with Crippen molar-refractivity contribution < 1.29 is 20.4 Å². The molecule has 0 saturated carbocycles. The normalized spacial score (nSPS) is 21.5. The van der Waals surface area contributed by atoms with E-state index in [-0.39, 0.29) is 5.92 Å². The lowest BCUT2D eigenvalue weighted by atomic mass is 9.92. The van der Waals surface area contributed by atoms with Crippen LogP contribution in [0.25, 0.3) is 0 Å². The molecule has 0 spiro atoms. The molecule has 1 aliphatic rings. The number of allylic oxidation sites excluding steroid dienone is 2. The van der Waals surface area contributed by atoms with Crippen LogP contribution in [0.4, 0.5) is 0 Å². The first-order valence-corrected chi connectivity index (χ1v) is 4.43. The number of hydrogen-bond donors (Lipinski definition) is 0. The minimum absolute atomic E-state index is 0.266. The lowest BCUT2D eigenvalue weighted by molar-refractivity contribution is -0.160. The highest BCUT2D eigenvalue weighted by Gasteiger charge is 2.36. The Kier molecular flexibility index (Phi) is 3.16. The van der Waals surface area contributed by atoms with Gasteiger partial charge in [0.25, 0.3) is 0 Å². The van der Waals surface area contributed by atoms with E-state index >= 15 is 0 Å². The highest BCUT2D eigenvalue weighted by Crippen LogP contribution is 2.27. The molecule has 14 heavy (non-hydrogen) atoms. The van der Waals surface area contributed by atoms with Crippen molar-refractivity contribution in [2.24, 2.45) is 11.8 Å². The smallest absolute Gasteiger partial charge is 0.320 e. The van der Waals surface area contributed by atoms with Gasteiger partial charge in [0.05, 0.1) is 15.6 Å². The van der Waals surface area contributed by atoms with Crippen LogP contribution in [0.2, 0.25) is 0 Å². The van der Waals surface area contributed by atoms with E-state index in [1.165, 1.54) is 14.2 Å². The van der Waals surface area contributed by atoms with E-state index in [0.29, 0.717) is 18.9 Å². The predicted molar refractivity (Wildman–Crippen MR) is 49.4 cm³/mol. The Morgan fingerprint density at radius 3 is 2.36 bits per heavy atom. The Bertz CT molecular complexity index is 282. The summed E-state index contributed by atoms with van der Waals surface area (Å²) in [5, 5.41) is 0. The Labute approximate surface area is 84.3 Å². The number of methoxy groups -OCH3 is 2. The quantitative estimate of drug-likeness (QED) is 0.385. The van der Waals surface area contributed by atoms with Crippen LogP contribution in [-0.4, -0.2) is 26.2 Å². The van der Waals surface area contributed by atoms with Crippen LogP contribution < -0.4 is 0 Å². The highest BCUT2D eigenvalue weighted by molar-refractivity contribution is 5.95. The molecule has 0 bridgehead atoms. The molecular weight excluding hydrogens is 184 g/mol. The first-order chi connectivity index (χ1) is 7.10. The second-order valence-corrected chi connectivity index (χ2v) is 3.10. The van der Waals surface area contributed by atoms with E-state index in [2.05, 4.69) is 9.47 Å². The molecule has 0 aromatic carbocycles. The third-order valence-electron chi connectivity index (χ3n) is 2.29. The topological polar surface area (TPSA) is 52.6 Å². The average molecular weight is 199 g/mol. The third-order valence-corrected chi connectivity index (χ3v) is 2.29. The Morgan fingerprint density at radius 2 is 2.00 bits per heavy atom. The van der Waals surface area contributed by atoms with E-state index in [4.69, 9.17) is 1.37 Å². The van der Waals surface area contributed by atoms with Gasteiger partial charge in [0.2, 0.25) is 0 Å². The standard InChI is InChI=1S/C10H14O4/c1-13-9(11)8(10(12)14-2)7-5-3-4-6-7/h3,5,7-8H,4,6H2,1-2H3/i3D. The second kappa shape index (κ2) is 4.79. The molecule has 0 N–H and O–H groups in total. The maximum Gasteiger partial charge on any atom is 0.320 e. The number of carbonyl (C=O) groups is 2. The molecule has 0 amide bonds. The van der Waals surface area contributed by atoms with Crippen LogP contribution in [0.1, 0.15) is 14.2 Å². The van der Waals surface area contributed by atoms with Gasteiger partial charge in [-0.15, -0.1) is 0 Å². The molecular formula is C10H14O4. The van der Waals surface area contributed by atoms with E-state index in [9.17, 15) is 9.59 Å². The molecule has 0 saturated heterocycles. The molecule has 78 valence electrons. The van der Waals surface area contributed by atoms with Crippen LogP contribution in [-0.2, 0) is 19.1 Å². The maximum absolute atomic E-state index is 11.4. The lowest BCUT2D eigenvalue weighted by Crippen LogP contribution is -2.31. The molecule has 0 fully saturated rings. The van der Waals surface area contributed by atoms with Crippen molar-refractivity contribution in [2.45, 2.75) is 12.8 Å². The van der Waals surface area contributed by atoms with Gasteiger partial charge in [-0.1, -0.05) is 12.1 Å². The molecule has 1 rings (SSSR count). The van der Waals surface area contributed by atoms with Crippen LogP contribution in [0.15, 0.2) is 12.1 Å². The summed E-state index contributed by atoms with van der Waals surface area (Å²) in [6.45, 7) is 0. The summed E-state index contributed by atoms with van der Waals surface area (Å²) in [4.78, 5) is 22.8. The van der Waals surface area contributed by atoms with Crippen LogP contribution in [0.3, 0.4) is 0 Å². The van der Waals surface area contributed by atoms with E-state index < -0.39 is 17.9 Å². The fourth-order valence-corrected chi connectivity index (χ4v) is 1.53. The Balaban J connectivity index is 2.81. The van der Waals surface area contributed by atoms with Gasteiger partial charge in [-0.3, -0.25) is 9.59 Å². The van der Waals surface area contributed by atoms with E-state index in [0.717, 1.165) is 0 Å². The number of hydrogen-bond acceptors (Lipinski definition) is 4. The molecule has 0 radical (unpaired) electrons. The fourth-order valence-electron chi connectivity index (χ4n) is 1.53. The fraction of sp³-hybridized carbons (Fsp3) is 0.600. The van der Waals surface area contributed by atoms with Gasteiger partial charge < -0.3 is 9.47 Å². The van der Waals surface area contributed by atoms with Crippen LogP contribution >= 0.6 is 0 Å². The SMILES string of the molecule is [2H]C1=CC(C(C(=O)OC)C(=O)OC)CC1. The minimum Gasteiger partial charge on any atom is -0.468 e. The largest absolute Gasteiger partial charge is 0.468 e. The Hall–Kier alpha value is -1.32. The number of esters is 2. The summed E-state index contributed by atoms with van der Waals surface area (Å²) in [7, 11) is 2.47. The average Bonchev–Trinajstić information content (AvgIpc) is 2.64. The van der Waals surface area contributed by atoms with Gasteiger partial charge in [-0.2, -0.15) is 0 Å². The second-order valence-electron chi connectivity index (χ2n) is 3.10. The van der Waals surface area contributed by atoms with Gasteiger partial charge in [0.15, 0.2) is 5.92 Å². The molecule has 1 unspecified atom stereocenters. The molecule has 4 heteroatoms. The van der Waals surface area contributed by atoms with Gasteiger partial charge in [-0.25, -0.2) is 0 Å². The maximum atomic E-state index is 11.4. The zero-order valence-corrected chi connectivity index (χ0v) is 8.28. The van der Waals surface area contributed by atoms with Gasteiger partial charge >= 0.3 is 11.9 Å². The van der Waals surface area contributed by atoms with Crippen molar-refractivity contribution in [3.63, 3.8) is 0 Å². The Morgan fingerprint density at radius 1 is 1.43 bits per heavy atom. The molecule has 0 heterocycles. The van der Waals surface area contributed by atoms with Crippen molar-refractivity contribution in [1.29, 1.82) is 0 Å². The first-order valence-electron chi connectivity index (χ1n) is 4.93. The summed E-state index contributed by atoms with van der Waals surface area (Å²) < 4.78 is 16.5. The first kappa shape index (κ1) is 9.24. The zero-order valence-electron chi connectivity index (χ0n) is 9.28. The van der Waals surface area contributed by atoms with E-state index in [1.807, 2.05) is 0 Å². The van der Waals surface area contributed by atoms with Crippen LogP contribution in [0.5, 0.6) is 0 Å².